The molecule has 0 unspecified atom stereocenters. The first-order valence-electron chi connectivity index (χ1n) is 6.12. The van der Waals surface area contributed by atoms with Gasteiger partial charge in [-0.15, -0.1) is 0 Å². The van der Waals surface area contributed by atoms with E-state index in [4.69, 9.17) is 21.1 Å². The van der Waals surface area contributed by atoms with E-state index in [0.29, 0.717) is 11.6 Å². The van der Waals surface area contributed by atoms with E-state index in [-0.39, 0.29) is 17.9 Å². The number of carbonyl (C=O) groups excluding carboxylic acids is 3. The second kappa shape index (κ2) is 6.45. The van der Waals surface area contributed by atoms with Gasteiger partial charge in [-0.05, 0) is 18.2 Å². The van der Waals surface area contributed by atoms with Crippen molar-refractivity contribution in [1.82, 2.24) is 10.2 Å². The summed E-state index contributed by atoms with van der Waals surface area (Å²) < 4.78 is 9.93. The van der Waals surface area contributed by atoms with Gasteiger partial charge in [-0.3, -0.25) is 9.69 Å². The molecule has 0 radical (unpaired) electrons. The molecular weight excluding hydrogens is 300 g/mol. The molecule has 21 heavy (non-hydrogen) atoms. The van der Waals surface area contributed by atoms with Crippen molar-refractivity contribution in [3.63, 3.8) is 0 Å². The SMILES string of the molecule is COc1ccc(Cl)cc1C(=O)OCC(=O)N1CCNC1=O. The molecule has 1 aliphatic rings. The molecule has 0 aromatic heterocycles. The van der Waals surface area contributed by atoms with Crippen LogP contribution < -0.4 is 10.1 Å². The highest BCUT2D eigenvalue weighted by Gasteiger charge is 2.27. The molecule has 2 rings (SSSR count). The summed E-state index contributed by atoms with van der Waals surface area (Å²) in [5, 5.41) is 2.82. The largest absolute Gasteiger partial charge is 0.496 e. The van der Waals surface area contributed by atoms with Crippen LogP contribution in [0.2, 0.25) is 5.02 Å². The van der Waals surface area contributed by atoms with Crippen molar-refractivity contribution in [1.29, 1.82) is 0 Å². The Morgan fingerprint density at radius 3 is 2.81 bits per heavy atom. The lowest BCUT2D eigenvalue weighted by Crippen LogP contribution is -2.37. The van der Waals surface area contributed by atoms with Crippen molar-refractivity contribution in [2.45, 2.75) is 0 Å². The summed E-state index contributed by atoms with van der Waals surface area (Å²) in [5.41, 5.74) is 0.115. The number of hydrogen-bond acceptors (Lipinski definition) is 5. The van der Waals surface area contributed by atoms with Crippen molar-refractivity contribution in [2.75, 3.05) is 26.8 Å². The molecule has 1 heterocycles. The van der Waals surface area contributed by atoms with Crippen LogP contribution in [-0.4, -0.2) is 49.6 Å². The molecule has 7 nitrogen and oxygen atoms in total. The zero-order valence-corrected chi connectivity index (χ0v) is 12.0. The molecule has 112 valence electrons. The van der Waals surface area contributed by atoms with Gasteiger partial charge in [0.05, 0.1) is 7.11 Å². The standard InChI is InChI=1S/C13H13ClN2O5/c1-20-10-3-2-8(14)6-9(10)12(18)21-7-11(17)16-5-4-15-13(16)19/h2-3,6H,4-5,7H2,1H3,(H,15,19). The van der Waals surface area contributed by atoms with Gasteiger partial charge in [0, 0.05) is 18.1 Å². The number of benzene rings is 1. The molecule has 0 spiro atoms. The van der Waals surface area contributed by atoms with E-state index in [1.807, 2.05) is 0 Å². The smallest absolute Gasteiger partial charge is 0.342 e. The van der Waals surface area contributed by atoms with Crippen molar-refractivity contribution in [2.24, 2.45) is 0 Å². The molecule has 0 aliphatic carbocycles. The second-order valence-corrected chi connectivity index (χ2v) is 4.63. The van der Waals surface area contributed by atoms with Gasteiger partial charge in [0.15, 0.2) is 6.61 Å². The van der Waals surface area contributed by atoms with E-state index in [1.54, 1.807) is 6.07 Å². The Hall–Kier alpha value is -2.28. The number of rotatable bonds is 4. The number of nitrogens with one attached hydrogen (secondary N) is 1. The number of ether oxygens (including phenoxy) is 2. The molecule has 1 fully saturated rings. The normalized spacial score (nSPS) is 13.8. The number of halogens is 1. The summed E-state index contributed by atoms with van der Waals surface area (Å²) in [5.74, 6) is -1.04. The molecule has 0 saturated carbocycles. The third kappa shape index (κ3) is 3.43. The number of hydrogen-bond donors (Lipinski definition) is 1. The molecule has 0 bridgehead atoms. The molecule has 0 atom stereocenters. The van der Waals surface area contributed by atoms with Gasteiger partial charge in [-0.2, -0.15) is 0 Å². The van der Waals surface area contributed by atoms with Crippen LogP contribution in [-0.2, 0) is 9.53 Å². The summed E-state index contributed by atoms with van der Waals surface area (Å²) in [4.78, 5) is 36.0. The highest BCUT2D eigenvalue weighted by molar-refractivity contribution is 6.31. The van der Waals surface area contributed by atoms with Gasteiger partial charge in [0.2, 0.25) is 0 Å². The molecule has 1 aliphatic heterocycles. The summed E-state index contributed by atoms with van der Waals surface area (Å²) in [6.07, 6.45) is 0. The molecular formula is C13H13ClN2O5. The summed E-state index contributed by atoms with van der Waals surface area (Å²) in [7, 11) is 1.40. The fourth-order valence-electron chi connectivity index (χ4n) is 1.83. The fraction of sp³-hybridized carbons (Fsp3) is 0.308. The second-order valence-electron chi connectivity index (χ2n) is 4.20. The lowest BCUT2D eigenvalue weighted by molar-refractivity contribution is -0.130. The molecule has 1 N–H and O–H groups in total. The molecule has 1 saturated heterocycles. The predicted octanol–water partition coefficient (Wildman–Crippen LogP) is 1.06. The van der Waals surface area contributed by atoms with E-state index in [2.05, 4.69) is 5.32 Å². The van der Waals surface area contributed by atoms with Gasteiger partial charge in [-0.25, -0.2) is 9.59 Å². The Bertz CT molecular complexity index is 590. The number of methoxy groups -OCH3 is 1. The highest BCUT2D eigenvalue weighted by Crippen LogP contribution is 2.23. The van der Waals surface area contributed by atoms with E-state index in [0.717, 1.165) is 4.90 Å². The van der Waals surface area contributed by atoms with Crippen molar-refractivity contribution < 1.29 is 23.9 Å². The zero-order valence-electron chi connectivity index (χ0n) is 11.2. The monoisotopic (exact) mass is 312 g/mol. The quantitative estimate of drug-likeness (QED) is 0.840. The maximum Gasteiger partial charge on any atom is 0.342 e. The first kappa shape index (κ1) is 15.1. The van der Waals surface area contributed by atoms with E-state index < -0.39 is 24.5 Å². The van der Waals surface area contributed by atoms with Crippen LogP contribution in [0.15, 0.2) is 18.2 Å². The minimum atomic E-state index is -0.748. The molecule has 1 aromatic carbocycles. The van der Waals surface area contributed by atoms with Crippen LogP contribution in [0.5, 0.6) is 5.75 Å². The highest BCUT2D eigenvalue weighted by atomic mass is 35.5. The average molecular weight is 313 g/mol. The first-order chi connectivity index (χ1) is 10.0. The first-order valence-corrected chi connectivity index (χ1v) is 6.49. The Morgan fingerprint density at radius 2 is 2.19 bits per heavy atom. The zero-order chi connectivity index (χ0) is 15.4. The van der Waals surface area contributed by atoms with Gasteiger partial charge in [0.1, 0.15) is 11.3 Å². The Kier molecular flexibility index (Phi) is 4.64. The van der Waals surface area contributed by atoms with Gasteiger partial charge < -0.3 is 14.8 Å². The van der Waals surface area contributed by atoms with Gasteiger partial charge in [-0.1, -0.05) is 11.6 Å². The fourth-order valence-corrected chi connectivity index (χ4v) is 2.00. The van der Waals surface area contributed by atoms with E-state index in [9.17, 15) is 14.4 Å². The van der Waals surface area contributed by atoms with Crippen LogP contribution in [0.25, 0.3) is 0 Å². The minimum Gasteiger partial charge on any atom is -0.496 e. The number of urea groups is 1. The van der Waals surface area contributed by atoms with Crippen LogP contribution in [0.3, 0.4) is 0 Å². The molecule has 3 amide bonds. The van der Waals surface area contributed by atoms with Crippen molar-refractivity contribution in [3.8, 4) is 5.75 Å². The summed E-state index contributed by atoms with van der Waals surface area (Å²) in [6.45, 7) is 0.123. The number of carbonyl (C=O) groups is 3. The summed E-state index contributed by atoms with van der Waals surface area (Å²) in [6, 6.07) is 3.98. The van der Waals surface area contributed by atoms with E-state index >= 15 is 0 Å². The minimum absolute atomic E-state index is 0.115. The van der Waals surface area contributed by atoms with Crippen LogP contribution in [0, 0.1) is 0 Å². The lowest BCUT2D eigenvalue weighted by atomic mass is 10.2. The van der Waals surface area contributed by atoms with E-state index in [1.165, 1.54) is 19.2 Å². The van der Waals surface area contributed by atoms with Crippen LogP contribution in [0.1, 0.15) is 10.4 Å². The molecule has 1 aromatic rings. The number of esters is 1. The van der Waals surface area contributed by atoms with Crippen LogP contribution in [0.4, 0.5) is 4.79 Å². The van der Waals surface area contributed by atoms with Crippen molar-refractivity contribution >= 4 is 29.5 Å². The third-order valence-corrected chi connectivity index (χ3v) is 3.10. The maximum absolute atomic E-state index is 11.9. The lowest BCUT2D eigenvalue weighted by Gasteiger charge is -2.13. The van der Waals surface area contributed by atoms with Gasteiger partial charge >= 0.3 is 12.0 Å². The average Bonchev–Trinajstić information content (AvgIpc) is 2.90. The van der Waals surface area contributed by atoms with Gasteiger partial charge in [0.25, 0.3) is 5.91 Å². The van der Waals surface area contributed by atoms with Crippen LogP contribution >= 0.6 is 11.6 Å². The Balaban J connectivity index is 2.00. The number of imide groups is 1. The van der Waals surface area contributed by atoms with Crippen molar-refractivity contribution in [3.05, 3.63) is 28.8 Å². The Morgan fingerprint density at radius 1 is 1.43 bits per heavy atom. The maximum atomic E-state index is 11.9. The Labute approximate surface area is 125 Å². The third-order valence-electron chi connectivity index (χ3n) is 2.87. The predicted molar refractivity (Wildman–Crippen MR) is 73.4 cm³/mol. The number of nitrogens with zero attached hydrogens (tertiary/aromatic N) is 1. The molecule has 8 heteroatoms. The number of amides is 3. The summed E-state index contributed by atoms with van der Waals surface area (Å²) >= 11 is 5.81. The topological polar surface area (TPSA) is 84.9 Å².